The van der Waals surface area contributed by atoms with Crippen LogP contribution in [0, 0.1) is 6.92 Å². The number of aromatic nitrogens is 1. The zero-order valence-electron chi connectivity index (χ0n) is 12.9. The normalized spacial score (nSPS) is 21.5. The fourth-order valence-corrected chi connectivity index (χ4v) is 4.14. The zero-order valence-corrected chi connectivity index (χ0v) is 12.9. The number of anilines is 1. The predicted molar refractivity (Wildman–Crippen MR) is 90.6 cm³/mol. The lowest BCUT2D eigenvalue weighted by atomic mass is 9.79. The molecule has 23 heavy (non-hydrogen) atoms. The Bertz CT molecular complexity index is 992. The molecule has 1 amide bonds. The molecule has 3 heteroatoms. The lowest BCUT2D eigenvalue weighted by Crippen LogP contribution is -2.35. The van der Waals surface area contributed by atoms with Crippen molar-refractivity contribution in [3.05, 3.63) is 70.9 Å². The van der Waals surface area contributed by atoms with Crippen molar-refractivity contribution in [3.63, 3.8) is 0 Å². The molecule has 0 saturated carbocycles. The van der Waals surface area contributed by atoms with Crippen LogP contribution in [-0.4, -0.2) is 10.9 Å². The summed E-state index contributed by atoms with van der Waals surface area (Å²) in [5.74, 6) is 0.813. The van der Waals surface area contributed by atoms with Crippen LogP contribution in [-0.2, 0) is 23.1 Å². The number of nitrogens with one attached hydrogen (secondary N) is 1. The Balaban J connectivity index is 1.69. The second-order valence-corrected chi connectivity index (χ2v) is 6.76. The Hall–Kier alpha value is -2.68. The number of nitrogens with zero attached hydrogens (tertiary/aromatic N) is 1. The molecule has 0 radical (unpaired) electrons. The molecular formula is C20H16N2O. The second kappa shape index (κ2) is 4.19. The van der Waals surface area contributed by atoms with Crippen LogP contribution >= 0.6 is 0 Å². The van der Waals surface area contributed by atoms with Gasteiger partial charge in [-0.3, -0.25) is 4.79 Å². The van der Waals surface area contributed by atoms with Crippen molar-refractivity contribution in [2.24, 2.45) is 0 Å². The van der Waals surface area contributed by atoms with Crippen LogP contribution in [0.2, 0.25) is 0 Å². The summed E-state index contributed by atoms with van der Waals surface area (Å²) >= 11 is 0. The molecule has 2 aromatic carbocycles. The summed E-state index contributed by atoms with van der Waals surface area (Å²) in [6, 6.07) is 15.0. The predicted octanol–water partition coefficient (Wildman–Crippen LogP) is 3.53. The maximum atomic E-state index is 12.7. The van der Waals surface area contributed by atoms with Crippen LogP contribution in [0.3, 0.4) is 0 Å². The summed E-state index contributed by atoms with van der Waals surface area (Å²) in [7, 11) is 0. The SMILES string of the molecule is Cc1ccc2cc3c(cc2c1)CC1(C3)C(=O)Nc2ncccc21. The number of rotatable bonds is 0. The van der Waals surface area contributed by atoms with E-state index < -0.39 is 5.41 Å². The zero-order chi connectivity index (χ0) is 15.6. The number of fused-ring (bicyclic) bond motifs is 4. The summed E-state index contributed by atoms with van der Waals surface area (Å²) in [6.07, 6.45) is 3.25. The average Bonchev–Trinajstić information content (AvgIpc) is 3.04. The van der Waals surface area contributed by atoms with Crippen molar-refractivity contribution < 1.29 is 4.79 Å². The molecule has 1 spiro atoms. The van der Waals surface area contributed by atoms with Gasteiger partial charge in [0.2, 0.25) is 5.91 Å². The van der Waals surface area contributed by atoms with Gasteiger partial charge < -0.3 is 5.32 Å². The summed E-state index contributed by atoms with van der Waals surface area (Å²) < 4.78 is 0. The highest BCUT2D eigenvalue weighted by Gasteiger charge is 2.51. The molecule has 1 aromatic heterocycles. The van der Waals surface area contributed by atoms with Crippen LogP contribution in [0.1, 0.15) is 22.3 Å². The number of carbonyl (C=O) groups is 1. The third-order valence-electron chi connectivity index (χ3n) is 5.29. The van der Waals surface area contributed by atoms with Crippen molar-refractivity contribution >= 4 is 22.5 Å². The Labute approximate surface area is 134 Å². The van der Waals surface area contributed by atoms with Gasteiger partial charge in [0.25, 0.3) is 0 Å². The van der Waals surface area contributed by atoms with E-state index in [-0.39, 0.29) is 5.91 Å². The number of carbonyl (C=O) groups excluding carboxylic acids is 1. The molecule has 1 aliphatic carbocycles. The van der Waals surface area contributed by atoms with Gasteiger partial charge in [-0.1, -0.05) is 42.0 Å². The van der Waals surface area contributed by atoms with Crippen molar-refractivity contribution in [1.82, 2.24) is 4.98 Å². The van der Waals surface area contributed by atoms with Crippen LogP contribution in [0.25, 0.3) is 10.8 Å². The van der Waals surface area contributed by atoms with E-state index in [4.69, 9.17) is 0 Å². The first-order valence-electron chi connectivity index (χ1n) is 7.95. The maximum absolute atomic E-state index is 12.7. The molecule has 1 aliphatic heterocycles. The fraction of sp³-hybridized carbons (Fsp3) is 0.200. The molecule has 0 saturated heterocycles. The van der Waals surface area contributed by atoms with E-state index >= 15 is 0 Å². The molecule has 1 unspecified atom stereocenters. The van der Waals surface area contributed by atoms with Crippen LogP contribution in [0.5, 0.6) is 0 Å². The summed E-state index contributed by atoms with van der Waals surface area (Å²) in [5.41, 5.74) is 4.40. The quantitative estimate of drug-likeness (QED) is 0.690. The molecule has 0 bridgehead atoms. The summed E-state index contributed by atoms with van der Waals surface area (Å²) in [4.78, 5) is 17.0. The number of aryl methyl sites for hydroxylation is 1. The van der Waals surface area contributed by atoms with Gasteiger partial charge in [-0.05, 0) is 47.7 Å². The van der Waals surface area contributed by atoms with E-state index in [9.17, 15) is 4.79 Å². The molecular weight excluding hydrogens is 284 g/mol. The molecule has 2 aliphatic rings. The van der Waals surface area contributed by atoms with E-state index in [1.807, 2.05) is 12.1 Å². The van der Waals surface area contributed by atoms with Gasteiger partial charge in [-0.2, -0.15) is 0 Å². The smallest absolute Gasteiger partial charge is 0.237 e. The minimum absolute atomic E-state index is 0.0858. The molecule has 5 rings (SSSR count). The van der Waals surface area contributed by atoms with Gasteiger partial charge in [0.1, 0.15) is 5.82 Å². The topological polar surface area (TPSA) is 42.0 Å². The fourth-order valence-electron chi connectivity index (χ4n) is 4.14. The first-order chi connectivity index (χ1) is 11.2. The Morgan fingerprint density at radius 2 is 1.83 bits per heavy atom. The van der Waals surface area contributed by atoms with Gasteiger partial charge in [0.15, 0.2) is 0 Å². The minimum atomic E-state index is -0.474. The van der Waals surface area contributed by atoms with Gasteiger partial charge in [-0.25, -0.2) is 4.98 Å². The average molecular weight is 300 g/mol. The van der Waals surface area contributed by atoms with Crippen molar-refractivity contribution in [2.75, 3.05) is 5.32 Å². The Morgan fingerprint density at radius 3 is 2.65 bits per heavy atom. The lowest BCUT2D eigenvalue weighted by Gasteiger charge is -2.20. The standard InChI is InChI=1S/C20H16N2O/c1-12-4-5-13-8-15-10-20(11-16(15)9-14(13)7-12)17-3-2-6-21-18(17)22-19(20)23/h2-9H,10-11H2,1H3,(H,21,22,23). The highest BCUT2D eigenvalue weighted by Crippen LogP contribution is 2.47. The molecule has 0 fully saturated rings. The van der Waals surface area contributed by atoms with Gasteiger partial charge in [0.05, 0.1) is 5.41 Å². The van der Waals surface area contributed by atoms with Crippen molar-refractivity contribution in [3.8, 4) is 0 Å². The number of hydrogen-bond donors (Lipinski definition) is 1. The first-order valence-corrected chi connectivity index (χ1v) is 7.95. The van der Waals surface area contributed by atoms with Crippen molar-refractivity contribution in [1.29, 1.82) is 0 Å². The van der Waals surface area contributed by atoms with E-state index in [0.717, 1.165) is 24.2 Å². The molecule has 3 nitrogen and oxygen atoms in total. The van der Waals surface area contributed by atoms with Gasteiger partial charge in [-0.15, -0.1) is 0 Å². The maximum Gasteiger partial charge on any atom is 0.237 e. The number of benzene rings is 2. The van der Waals surface area contributed by atoms with Gasteiger partial charge in [0, 0.05) is 11.8 Å². The van der Waals surface area contributed by atoms with E-state index in [2.05, 4.69) is 47.6 Å². The summed E-state index contributed by atoms with van der Waals surface area (Å²) in [6.45, 7) is 2.11. The molecule has 1 atom stereocenters. The molecule has 2 heterocycles. The highest BCUT2D eigenvalue weighted by molar-refractivity contribution is 6.06. The molecule has 3 aromatic rings. The van der Waals surface area contributed by atoms with Crippen LogP contribution in [0.15, 0.2) is 48.7 Å². The van der Waals surface area contributed by atoms with E-state index in [0.29, 0.717) is 0 Å². The van der Waals surface area contributed by atoms with E-state index in [1.165, 1.54) is 27.5 Å². The number of hydrogen-bond acceptors (Lipinski definition) is 2. The first kappa shape index (κ1) is 12.8. The third-order valence-corrected chi connectivity index (χ3v) is 5.29. The molecule has 1 N–H and O–H groups in total. The Kier molecular flexibility index (Phi) is 2.34. The Morgan fingerprint density at radius 1 is 1.04 bits per heavy atom. The monoisotopic (exact) mass is 300 g/mol. The van der Waals surface area contributed by atoms with Crippen LogP contribution < -0.4 is 5.32 Å². The summed E-state index contributed by atoms with van der Waals surface area (Å²) in [5, 5.41) is 5.47. The number of amides is 1. The molecule has 112 valence electrons. The van der Waals surface area contributed by atoms with Gasteiger partial charge >= 0.3 is 0 Å². The number of pyridine rings is 1. The minimum Gasteiger partial charge on any atom is -0.310 e. The highest BCUT2D eigenvalue weighted by atomic mass is 16.2. The largest absolute Gasteiger partial charge is 0.310 e. The third kappa shape index (κ3) is 1.65. The van der Waals surface area contributed by atoms with E-state index in [1.54, 1.807) is 6.20 Å². The lowest BCUT2D eigenvalue weighted by molar-refractivity contribution is -0.120. The van der Waals surface area contributed by atoms with Crippen molar-refractivity contribution in [2.45, 2.75) is 25.2 Å². The second-order valence-electron chi connectivity index (χ2n) is 6.76. The van der Waals surface area contributed by atoms with Crippen LogP contribution in [0.4, 0.5) is 5.82 Å².